The lowest BCUT2D eigenvalue weighted by molar-refractivity contribution is 0.0507. The van der Waals surface area contributed by atoms with Gasteiger partial charge in [0.25, 0.3) is 0 Å². The second-order valence-electron chi connectivity index (χ2n) is 7.86. The molecule has 1 aliphatic rings. The standard InChI is InChI=1S/C19H32N6O2.HI/c1-19(2,3)27-18(26)23-15-9-11-25(13-15)17(20-4)22-12-14-8-7-10-21-16(14)24(5)6;/h7-8,10,15H,9,11-13H2,1-6H3,(H,20,22)(H,23,26);1H. The van der Waals surface area contributed by atoms with Crippen LogP contribution >= 0.6 is 24.0 Å². The first kappa shape index (κ1) is 24.3. The first-order valence-corrected chi connectivity index (χ1v) is 9.26. The summed E-state index contributed by atoms with van der Waals surface area (Å²) < 4.78 is 5.34. The highest BCUT2D eigenvalue weighted by atomic mass is 127. The largest absolute Gasteiger partial charge is 0.444 e. The fourth-order valence-corrected chi connectivity index (χ4v) is 3.02. The van der Waals surface area contributed by atoms with Crippen molar-refractivity contribution in [3.05, 3.63) is 23.9 Å². The quantitative estimate of drug-likeness (QED) is 0.373. The van der Waals surface area contributed by atoms with E-state index < -0.39 is 5.60 Å². The number of pyridine rings is 1. The first-order chi connectivity index (χ1) is 12.7. The van der Waals surface area contributed by atoms with Gasteiger partial charge in [0.1, 0.15) is 11.4 Å². The predicted molar refractivity (Wildman–Crippen MR) is 124 cm³/mol. The van der Waals surface area contributed by atoms with E-state index >= 15 is 0 Å². The second-order valence-corrected chi connectivity index (χ2v) is 7.86. The summed E-state index contributed by atoms with van der Waals surface area (Å²) in [6.07, 6.45) is 2.28. The van der Waals surface area contributed by atoms with Gasteiger partial charge in [-0.3, -0.25) is 4.99 Å². The van der Waals surface area contributed by atoms with Gasteiger partial charge < -0.3 is 25.2 Å². The van der Waals surface area contributed by atoms with Gasteiger partial charge >= 0.3 is 6.09 Å². The van der Waals surface area contributed by atoms with Crippen molar-refractivity contribution >= 4 is 41.8 Å². The van der Waals surface area contributed by atoms with Crippen LogP contribution in [0.2, 0.25) is 0 Å². The van der Waals surface area contributed by atoms with Crippen molar-refractivity contribution in [2.45, 2.75) is 45.4 Å². The van der Waals surface area contributed by atoms with E-state index in [-0.39, 0.29) is 36.1 Å². The number of guanidine groups is 1. The smallest absolute Gasteiger partial charge is 0.407 e. The highest BCUT2D eigenvalue weighted by Gasteiger charge is 2.27. The normalized spacial score (nSPS) is 17.0. The van der Waals surface area contributed by atoms with Crippen molar-refractivity contribution < 1.29 is 9.53 Å². The number of nitrogens with zero attached hydrogens (tertiary/aromatic N) is 4. The fourth-order valence-electron chi connectivity index (χ4n) is 3.02. The summed E-state index contributed by atoms with van der Waals surface area (Å²) in [4.78, 5) is 24.9. The van der Waals surface area contributed by atoms with Crippen LogP contribution < -0.4 is 15.5 Å². The number of halogens is 1. The van der Waals surface area contributed by atoms with Crippen LogP contribution in [-0.4, -0.2) is 67.8 Å². The number of carbonyl (C=O) groups excluding carboxylic acids is 1. The van der Waals surface area contributed by atoms with Gasteiger partial charge in [0.05, 0.1) is 6.04 Å². The van der Waals surface area contributed by atoms with Crippen molar-refractivity contribution in [3.8, 4) is 0 Å². The van der Waals surface area contributed by atoms with Crippen LogP contribution in [-0.2, 0) is 11.3 Å². The molecule has 2 heterocycles. The molecule has 1 unspecified atom stereocenters. The molecule has 2 N–H and O–H groups in total. The fraction of sp³-hybridized carbons (Fsp3) is 0.632. The number of hydrogen-bond donors (Lipinski definition) is 2. The van der Waals surface area contributed by atoms with Crippen molar-refractivity contribution in [1.82, 2.24) is 20.5 Å². The Bertz CT molecular complexity index is 675. The third-order valence-electron chi connectivity index (χ3n) is 4.15. The van der Waals surface area contributed by atoms with Crippen LogP contribution in [0.1, 0.15) is 32.8 Å². The molecule has 8 nitrogen and oxygen atoms in total. The van der Waals surface area contributed by atoms with Crippen molar-refractivity contribution in [1.29, 1.82) is 0 Å². The molecule has 1 aliphatic heterocycles. The van der Waals surface area contributed by atoms with E-state index in [1.54, 1.807) is 13.2 Å². The molecule has 0 aliphatic carbocycles. The van der Waals surface area contributed by atoms with E-state index in [0.717, 1.165) is 30.3 Å². The van der Waals surface area contributed by atoms with E-state index in [2.05, 4.69) is 31.6 Å². The Kier molecular flexibility index (Phi) is 9.25. The summed E-state index contributed by atoms with van der Waals surface area (Å²) in [6, 6.07) is 4.04. The Labute approximate surface area is 185 Å². The zero-order chi connectivity index (χ0) is 20.0. The zero-order valence-electron chi connectivity index (χ0n) is 17.7. The molecule has 158 valence electrons. The third-order valence-corrected chi connectivity index (χ3v) is 4.15. The van der Waals surface area contributed by atoms with Crippen LogP contribution in [0.4, 0.5) is 10.6 Å². The number of carbonyl (C=O) groups is 1. The lowest BCUT2D eigenvalue weighted by Crippen LogP contribution is -2.44. The minimum absolute atomic E-state index is 0. The average Bonchev–Trinajstić information content (AvgIpc) is 3.02. The van der Waals surface area contributed by atoms with Gasteiger partial charge in [-0.25, -0.2) is 9.78 Å². The third kappa shape index (κ3) is 7.33. The van der Waals surface area contributed by atoms with Crippen LogP contribution in [0.25, 0.3) is 0 Å². The molecule has 1 atom stereocenters. The van der Waals surface area contributed by atoms with E-state index in [0.29, 0.717) is 13.1 Å². The minimum Gasteiger partial charge on any atom is -0.444 e. The van der Waals surface area contributed by atoms with Gasteiger partial charge in [0.2, 0.25) is 0 Å². The second kappa shape index (κ2) is 10.7. The maximum absolute atomic E-state index is 12.0. The van der Waals surface area contributed by atoms with E-state index in [4.69, 9.17) is 4.74 Å². The average molecular weight is 504 g/mol. The van der Waals surface area contributed by atoms with Crippen LogP contribution in [0.15, 0.2) is 23.3 Å². The molecular formula is C19H33IN6O2. The lowest BCUT2D eigenvalue weighted by atomic mass is 10.2. The Balaban J connectivity index is 0.00000392. The Morgan fingerprint density at radius 3 is 2.75 bits per heavy atom. The summed E-state index contributed by atoms with van der Waals surface area (Å²) in [5, 5.41) is 6.34. The van der Waals surface area contributed by atoms with Crippen molar-refractivity contribution in [2.75, 3.05) is 39.1 Å². The van der Waals surface area contributed by atoms with Crippen LogP contribution in [0.3, 0.4) is 0 Å². The van der Waals surface area contributed by atoms with Crippen molar-refractivity contribution in [3.63, 3.8) is 0 Å². The SMILES string of the molecule is CN=C(NCc1cccnc1N(C)C)N1CCC(NC(=O)OC(C)(C)C)C1.I. The Morgan fingerprint density at radius 2 is 2.14 bits per heavy atom. The molecule has 0 aromatic carbocycles. The summed E-state index contributed by atoms with van der Waals surface area (Å²) >= 11 is 0. The molecule has 9 heteroatoms. The number of ether oxygens (including phenoxy) is 1. The summed E-state index contributed by atoms with van der Waals surface area (Å²) in [7, 11) is 5.73. The highest BCUT2D eigenvalue weighted by Crippen LogP contribution is 2.15. The number of anilines is 1. The number of aliphatic imine (C=N–C) groups is 1. The summed E-state index contributed by atoms with van der Waals surface area (Å²) in [6.45, 7) is 7.74. The molecule has 28 heavy (non-hydrogen) atoms. The minimum atomic E-state index is -0.492. The van der Waals surface area contributed by atoms with Crippen LogP contribution in [0.5, 0.6) is 0 Å². The molecule has 0 saturated carbocycles. The highest BCUT2D eigenvalue weighted by molar-refractivity contribution is 14.0. The molecule has 2 rings (SSSR count). The molecule has 1 aromatic heterocycles. The number of aromatic nitrogens is 1. The molecule has 1 saturated heterocycles. The van der Waals surface area contributed by atoms with Crippen LogP contribution in [0, 0.1) is 0 Å². The Hall–Kier alpha value is -1.78. The van der Waals surface area contributed by atoms with Gasteiger partial charge in [-0.15, -0.1) is 24.0 Å². The van der Waals surface area contributed by atoms with Gasteiger partial charge in [-0.1, -0.05) is 6.07 Å². The van der Waals surface area contributed by atoms with Gasteiger partial charge in [-0.2, -0.15) is 0 Å². The summed E-state index contributed by atoms with van der Waals surface area (Å²) in [5.41, 5.74) is 0.611. The number of amides is 1. The Morgan fingerprint density at radius 1 is 1.43 bits per heavy atom. The number of rotatable bonds is 4. The number of hydrogen-bond acceptors (Lipinski definition) is 5. The molecule has 1 aromatic rings. The molecule has 1 fully saturated rings. The monoisotopic (exact) mass is 504 g/mol. The zero-order valence-corrected chi connectivity index (χ0v) is 20.0. The van der Waals surface area contributed by atoms with Gasteiger partial charge in [0, 0.05) is 52.5 Å². The molecular weight excluding hydrogens is 471 g/mol. The molecule has 0 bridgehead atoms. The van der Waals surface area contributed by atoms with Crippen molar-refractivity contribution in [2.24, 2.45) is 4.99 Å². The molecule has 1 amide bonds. The number of likely N-dealkylation sites (tertiary alicyclic amines) is 1. The summed E-state index contributed by atoms with van der Waals surface area (Å²) in [5.74, 6) is 1.75. The first-order valence-electron chi connectivity index (χ1n) is 9.26. The number of nitrogens with one attached hydrogen (secondary N) is 2. The molecule has 0 radical (unpaired) electrons. The van der Waals surface area contributed by atoms with Gasteiger partial charge in [0.15, 0.2) is 5.96 Å². The van der Waals surface area contributed by atoms with E-state index in [9.17, 15) is 4.79 Å². The lowest BCUT2D eigenvalue weighted by Gasteiger charge is -2.24. The van der Waals surface area contributed by atoms with E-state index in [1.165, 1.54) is 0 Å². The van der Waals surface area contributed by atoms with Gasteiger partial charge in [-0.05, 0) is 33.3 Å². The maximum atomic E-state index is 12.0. The maximum Gasteiger partial charge on any atom is 0.407 e. The topological polar surface area (TPSA) is 82.1 Å². The number of alkyl carbamates (subject to hydrolysis) is 1. The molecule has 0 spiro atoms. The predicted octanol–water partition coefficient (Wildman–Crippen LogP) is 2.44. The van der Waals surface area contributed by atoms with E-state index in [1.807, 2.05) is 45.8 Å².